The Hall–Kier alpha value is -1.62. The lowest BCUT2D eigenvalue weighted by Gasteiger charge is -2.27. The molecule has 0 amide bonds. The van der Waals surface area contributed by atoms with Crippen LogP contribution in [0.3, 0.4) is 0 Å². The second kappa shape index (κ2) is 4.94. The lowest BCUT2D eigenvalue weighted by atomic mass is 10.0. The van der Waals surface area contributed by atoms with Gasteiger partial charge in [-0.05, 0) is 12.1 Å². The molecule has 1 aromatic carbocycles. The number of nitro groups is 1. The average Bonchev–Trinajstić information content (AvgIpc) is 2.31. The number of hydrogen-bond acceptors (Lipinski definition) is 4. The molecule has 1 aliphatic heterocycles. The lowest BCUT2D eigenvalue weighted by Crippen LogP contribution is -2.51. The third kappa shape index (κ3) is 2.49. The van der Waals surface area contributed by atoms with Crippen LogP contribution < -0.4 is 10.6 Å². The summed E-state index contributed by atoms with van der Waals surface area (Å²) in [4.78, 5) is 10.7. The number of hydrogen-bond donors (Lipinski definition) is 2. The van der Waals surface area contributed by atoms with E-state index in [1.165, 1.54) is 0 Å². The minimum atomic E-state index is -0.499. The predicted octanol–water partition coefficient (Wildman–Crippen LogP) is 1.11. The van der Waals surface area contributed by atoms with Crippen molar-refractivity contribution < 1.29 is 4.92 Å². The number of rotatable bonds is 3. The van der Waals surface area contributed by atoms with Crippen LogP contribution in [0.4, 0.5) is 5.69 Å². The Morgan fingerprint density at radius 1 is 1.38 bits per heavy atom. The molecule has 1 aromatic rings. The summed E-state index contributed by atoms with van der Waals surface area (Å²) >= 11 is 0. The Balaban J connectivity index is 2.04. The van der Waals surface area contributed by atoms with Crippen molar-refractivity contribution in [2.24, 2.45) is 0 Å². The van der Waals surface area contributed by atoms with Gasteiger partial charge in [0.05, 0.1) is 0 Å². The lowest BCUT2D eigenvalue weighted by molar-refractivity contribution is -0.526. The quantitative estimate of drug-likeness (QED) is 0.592. The SMILES string of the molecule is O=[N+]([O-])C1CCNCC1Nc1ccccc1. The van der Waals surface area contributed by atoms with Crippen LogP contribution in [0.5, 0.6) is 0 Å². The second-order valence-corrected chi connectivity index (χ2v) is 3.96. The molecule has 2 rings (SSSR count). The average molecular weight is 221 g/mol. The zero-order valence-electron chi connectivity index (χ0n) is 8.93. The number of para-hydroxylation sites is 1. The van der Waals surface area contributed by atoms with Gasteiger partial charge in [-0.3, -0.25) is 10.1 Å². The van der Waals surface area contributed by atoms with Crippen molar-refractivity contribution in [1.29, 1.82) is 0 Å². The Labute approximate surface area is 94.0 Å². The topological polar surface area (TPSA) is 67.2 Å². The summed E-state index contributed by atoms with van der Waals surface area (Å²) in [6.45, 7) is 1.36. The summed E-state index contributed by atoms with van der Waals surface area (Å²) in [5.74, 6) is 0. The van der Waals surface area contributed by atoms with Gasteiger partial charge in [-0.25, -0.2) is 0 Å². The minimum Gasteiger partial charge on any atom is -0.375 e. The molecule has 1 fully saturated rings. The van der Waals surface area contributed by atoms with Gasteiger partial charge in [0.15, 0.2) is 0 Å². The fourth-order valence-corrected chi connectivity index (χ4v) is 1.99. The maximum absolute atomic E-state index is 10.9. The van der Waals surface area contributed by atoms with Crippen LogP contribution in [0.2, 0.25) is 0 Å². The van der Waals surface area contributed by atoms with E-state index >= 15 is 0 Å². The highest BCUT2D eigenvalue weighted by Crippen LogP contribution is 2.14. The summed E-state index contributed by atoms with van der Waals surface area (Å²) in [7, 11) is 0. The Bertz CT molecular complexity index is 356. The first-order valence-electron chi connectivity index (χ1n) is 5.43. The van der Waals surface area contributed by atoms with E-state index < -0.39 is 6.04 Å². The van der Waals surface area contributed by atoms with Gasteiger partial charge < -0.3 is 10.6 Å². The number of benzene rings is 1. The predicted molar refractivity (Wildman–Crippen MR) is 62.1 cm³/mol. The normalized spacial score (nSPS) is 25.0. The highest BCUT2D eigenvalue weighted by molar-refractivity contribution is 5.43. The molecule has 0 aromatic heterocycles. The largest absolute Gasteiger partial charge is 0.375 e. The smallest absolute Gasteiger partial charge is 0.235 e. The Morgan fingerprint density at radius 2 is 2.12 bits per heavy atom. The van der Waals surface area contributed by atoms with Gasteiger partial charge in [0.25, 0.3) is 0 Å². The van der Waals surface area contributed by atoms with Gasteiger partial charge in [-0.1, -0.05) is 18.2 Å². The van der Waals surface area contributed by atoms with Gasteiger partial charge in [0.1, 0.15) is 6.04 Å². The van der Waals surface area contributed by atoms with Crippen molar-refractivity contribution in [3.63, 3.8) is 0 Å². The second-order valence-electron chi connectivity index (χ2n) is 3.96. The molecule has 1 aliphatic rings. The molecule has 1 saturated heterocycles. The standard InChI is InChI=1S/C11H15N3O2/c15-14(16)11-6-7-12-8-10(11)13-9-4-2-1-3-5-9/h1-5,10-13H,6-8H2. The first kappa shape index (κ1) is 10.9. The molecule has 0 bridgehead atoms. The van der Waals surface area contributed by atoms with Gasteiger partial charge >= 0.3 is 0 Å². The first-order valence-corrected chi connectivity index (χ1v) is 5.43. The molecular formula is C11H15N3O2. The van der Waals surface area contributed by atoms with Crippen molar-refractivity contribution in [2.75, 3.05) is 18.4 Å². The molecular weight excluding hydrogens is 206 g/mol. The Morgan fingerprint density at radius 3 is 2.81 bits per heavy atom. The van der Waals surface area contributed by atoms with Gasteiger partial charge in [0, 0.05) is 30.1 Å². The van der Waals surface area contributed by atoms with Crippen molar-refractivity contribution >= 4 is 5.69 Å². The number of nitrogens with one attached hydrogen (secondary N) is 2. The zero-order valence-corrected chi connectivity index (χ0v) is 8.93. The summed E-state index contributed by atoms with van der Waals surface area (Å²) in [6.07, 6.45) is 0.581. The van der Waals surface area contributed by atoms with E-state index in [9.17, 15) is 10.1 Å². The van der Waals surface area contributed by atoms with E-state index in [1.54, 1.807) is 0 Å². The van der Waals surface area contributed by atoms with Crippen LogP contribution in [-0.4, -0.2) is 30.1 Å². The van der Waals surface area contributed by atoms with E-state index in [2.05, 4.69) is 10.6 Å². The molecule has 86 valence electrons. The molecule has 5 heteroatoms. The summed E-state index contributed by atoms with van der Waals surface area (Å²) in [5.41, 5.74) is 0.933. The third-order valence-electron chi connectivity index (χ3n) is 2.84. The molecule has 0 spiro atoms. The maximum Gasteiger partial charge on any atom is 0.235 e. The van der Waals surface area contributed by atoms with E-state index in [0.29, 0.717) is 13.0 Å². The van der Waals surface area contributed by atoms with Crippen LogP contribution in [0.25, 0.3) is 0 Å². The Kier molecular flexibility index (Phi) is 3.36. The van der Waals surface area contributed by atoms with Crippen molar-refractivity contribution in [3.8, 4) is 0 Å². The van der Waals surface area contributed by atoms with E-state index in [-0.39, 0.29) is 11.0 Å². The maximum atomic E-state index is 10.9. The molecule has 0 aliphatic carbocycles. The fourth-order valence-electron chi connectivity index (χ4n) is 1.99. The van der Waals surface area contributed by atoms with Crippen LogP contribution in [0, 0.1) is 10.1 Å². The van der Waals surface area contributed by atoms with Crippen LogP contribution in [0.1, 0.15) is 6.42 Å². The zero-order chi connectivity index (χ0) is 11.4. The first-order chi connectivity index (χ1) is 7.77. The third-order valence-corrected chi connectivity index (χ3v) is 2.84. The van der Waals surface area contributed by atoms with Crippen LogP contribution >= 0.6 is 0 Å². The van der Waals surface area contributed by atoms with Crippen LogP contribution in [0.15, 0.2) is 30.3 Å². The minimum absolute atomic E-state index is 0.133. The van der Waals surface area contributed by atoms with E-state index in [0.717, 1.165) is 12.2 Å². The highest BCUT2D eigenvalue weighted by Gasteiger charge is 2.33. The molecule has 2 N–H and O–H groups in total. The molecule has 5 nitrogen and oxygen atoms in total. The van der Waals surface area contributed by atoms with E-state index in [4.69, 9.17) is 0 Å². The van der Waals surface area contributed by atoms with E-state index in [1.807, 2.05) is 30.3 Å². The molecule has 0 saturated carbocycles. The number of nitrogens with zero attached hydrogens (tertiary/aromatic N) is 1. The summed E-state index contributed by atoms with van der Waals surface area (Å²) < 4.78 is 0. The number of anilines is 1. The fraction of sp³-hybridized carbons (Fsp3) is 0.455. The van der Waals surface area contributed by atoms with Crippen molar-refractivity contribution in [1.82, 2.24) is 5.32 Å². The van der Waals surface area contributed by atoms with Gasteiger partial charge in [0.2, 0.25) is 6.04 Å². The molecule has 1 heterocycles. The molecule has 0 radical (unpaired) electrons. The summed E-state index contributed by atoms with van der Waals surface area (Å²) in [6, 6.07) is 8.97. The monoisotopic (exact) mass is 221 g/mol. The highest BCUT2D eigenvalue weighted by atomic mass is 16.6. The molecule has 16 heavy (non-hydrogen) atoms. The van der Waals surface area contributed by atoms with Gasteiger partial charge in [-0.2, -0.15) is 0 Å². The van der Waals surface area contributed by atoms with Crippen LogP contribution in [-0.2, 0) is 0 Å². The molecule has 2 unspecified atom stereocenters. The van der Waals surface area contributed by atoms with Crippen molar-refractivity contribution in [3.05, 3.63) is 40.4 Å². The number of piperidine rings is 1. The molecule has 2 atom stereocenters. The summed E-state index contributed by atoms with van der Waals surface area (Å²) in [5, 5.41) is 17.3. The van der Waals surface area contributed by atoms with Crippen molar-refractivity contribution in [2.45, 2.75) is 18.5 Å². The van der Waals surface area contributed by atoms with Gasteiger partial charge in [-0.15, -0.1) is 0 Å².